The first-order valence-electron chi connectivity index (χ1n) is 6.76. The number of piperidine rings is 1. The Hall–Kier alpha value is -2.02. The van der Waals surface area contributed by atoms with Crippen LogP contribution in [-0.2, 0) is 0 Å². The van der Waals surface area contributed by atoms with Gasteiger partial charge in [0, 0.05) is 12.6 Å². The molecule has 0 aromatic heterocycles. The van der Waals surface area contributed by atoms with Crippen molar-refractivity contribution in [2.45, 2.75) is 12.8 Å². The fourth-order valence-electron chi connectivity index (χ4n) is 2.58. The molecule has 1 aromatic carbocycles. The largest absolute Gasteiger partial charge is 0.454 e. The van der Waals surface area contributed by atoms with E-state index in [0.29, 0.717) is 29.6 Å². The molecule has 2 aliphatic heterocycles. The van der Waals surface area contributed by atoms with Crippen LogP contribution in [0.3, 0.4) is 0 Å². The van der Waals surface area contributed by atoms with Gasteiger partial charge >= 0.3 is 0 Å². The highest BCUT2D eigenvalue weighted by atomic mass is 16.7. The van der Waals surface area contributed by atoms with Crippen molar-refractivity contribution in [1.82, 2.24) is 5.32 Å². The van der Waals surface area contributed by atoms with Crippen molar-refractivity contribution in [2.24, 2.45) is 5.92 Å². The van der Waals surface area contributed by atoms with Crippen LogP contribution in [0.5, 0.6) is 11.5 Å². The number of nitrogens with zero attached hydrogens (tertiary/aromatic N) is 1. The monoisotopic (exact) mass is 279 g/mol. The van der Waals surface area contributed by atoms with Crippen LogP contribution in [0.25, 0.3) is 0 Å². The van der Waals surface area contributed by atoms with E-state index in [2.05, 4.69) is 10.6 Å². The molecule has 7 nitrogen and oxygen atoms in total. The van der Waals surface area contributed by atoms with Gasteiger partial charge in [0.05, 0.1) is 11.0 Å². The molecule has 108 valence electrons. The molecule has 1 saturated heterocycles. The first-order chi connectivity index (χ1) is 9.74. The summed E-state index contributed by atoms with van der Waals surface area (Å²) >= 11 is 0. The Morgan fingerprint density at radius 2 is 2.20 bits per heavy atom. The molecule has 0 saturated carbocycles. The van der Waals surface area contributed by atoms with Gasteiger partial charge in [0.15, 0.2) is 11.5 Å². The zero-order chi connectivity index (χ0) is 13.9. The van der Waals surface area contributed by atoms with Crippen molar-refractivity contribution in [3.8, 4) is 11.5 Å². The number of hydrogen-bond acceptors (Lipinski definition) is 6. The summed E-state index contributed by atoms with van der Waals surface area (Å²) in [7, 11) is 0. The van der Waals surface area contributed by atoms with Crippen molar-refractivity contribution < 1.29 is 14.4 Å². The predicted octanol–water partition coefficient (Wildman–Crippen LogP) is 1.73. The van der Waals surface area contributed by atoms with E-state index in [0.717, 1.165) is 25.9 Å². The molecule has 2 heterocycles. The van der Waals surface area contributed by atoms with Crippen LogP contribution in [0.15, 0.2) is 12.1 Å². The lowest BCUT2D eigenvalue weighted by molar-refractivity contribution is -0.384. The summed E-state index contributed by atoms with van der Waals surface area (Å²) < 4.78 is 10.4. The molecule has 0 spiro atoms. The number of nitro benzene ring substituents is 1. The average molecular weight is 279 g/mol. The van der Waals surface area contributed by atoms with Crippen molar-refractivity contribution in [2.75, 3.05) is 31.7 Å². The van der Waals surface area contributed by atoms with Crippen molar-refractivity contribution in [3.05, 3.63) is 22.2 Å². The van der Waals surface area contributed by atoms with Gasteiger partial charge in [0.2, 0.25) is 6.79 Å². The van der Waals surface area contributed by atoms with Gasteiger partial charge in [-0.05, 0) is 31.8 Å². The molecule has 1 aromatic rings. The van der Waals surface area contributed by atoms with Crippen LogP contribution < -0.4 is 20.1 Å². The Morgan fingerprint density at radius 1 is 1.40 bits per heavy atom. The van der Waals surface area contributed by atoms with E-state index in [1.54, 1.807) is 6.07 Å². The molecule has 0 bridgehead atoms. The number of rotatable bonds is 4. The zero-order valence-electron chi connectivity index (χ0n) is 11.1. The Labute approximate surface area is 116 Å². The molecule has 2 N–H and O–H groups in total. The first kappa shape index (κ1) is 13.0. The molecule has 0 radical (unpaired) electrons. The van der Waals surface area contributed by atoms with Crippen LogP contribution in [-0.4, -0.2) is 31.4 Å². The van der Waals surface area contributed by atoms with Gasteiger partial charge in [-0.3, -0.25) is 10.1 Å². The lowest BCUT2D eigenvalue weighted by Crippen LogP contribution is -2.33. The molecule has 0 amide bonds. The molecule has 0 aliphatic carbocycles. The summed E-state index contributed by atoms with van der Waals surface area (Å²) in [6.45, 7) is 2.84. The maximum absolute atomic E-state index is 11.1. The van der Waals surface area contributed by atoms with Crippen molar-refractivity contribution >= 4 is 11.4 Å². The third-order valence-electron chi connectivity index (χ3n) is 3.67. The smallest absolute Gasteiger partial charge is 0.296 e. The molecular weight excluding hydrogens is 262 g/mol. The van der Waals surface area contributed by atoms with Gasteiger partial charge < -0.3 is 20.1 Å². The minimum atomic E-state index is -0.399. The highest BCUT2D eigenvalue weighted by Crippen LogP contribution is 2.40. The third-order valence-corrected chi connectivity index (χ3v) is 3.67. The lowest BCUT2D eigenvalue weighted by atomic mass is 9.99. The molecule has 20 heavy (non-hydrogen) atoms. The van der Waals surface area contributed by atoms with E-state index in [4.69, 9.17) is 9.47 Å². The van der Waals surface area contributed by atoms with Crippen LogP contribution in [0.1, 0.15) is 12.8 Å². The standard InChI is InChI=1S/C13H17N3O4/c17-16(18)11-5-13-12(19-8-20-13)4-10(11)15-7-9-2-1-3-14-6-9/h4-5,9,14-15H,1-3,6-8H2. The Kier molecular flexibility index (Phi) is 3.60. The van der Waals surface area contributed by atoms with E-state index in [1.807, 2.05) is 0 Å². The molecule has 1 fully saturated rings. The molecule has 3 rings (SSSR count). The first-order valence-corrected chi connectivity index (χ1v) is 6.76. The number of nitro groups is 1. The van der Waals surface area contributed by atoms with Gasteiger partial charge in [-0.25, -0.2) is 0 Å². The highest BCUT2D eigenvalue weighted by molar-refractivity contribution is 5.68. The molecule has 7 heteroatoms. The quantitative estimate of drug-likeness (QED) is 0.645. The molecule has 2 aliphatic rings. The maximum atomic E-state index is 11.1. The Morgan fingerprint density at radius 3 is 2.90 bits per heavy atom. The van der Waals surface area contributed by atoms with Gasteiger partial charge in [-0.15, -0.1) is 0 Å². The molecule has 1 unspecified atom stereocenters. The number of ether oxygens (including phenoxy) is 2. The van der Waals surface area contributed by atoms with E-state index in [-0.39, 0.29) is 12.5 Å². The molecule has 1 atom stereocenters. The second-order valence-corrected chi connectivity index (χ2v) is 5.07. The van der Waals surface area contributed by atoms with Gasteiger partial charge in [-0.1, -0.05) is 0 Å². The second-order valence-electron chi connectivity index (χ2n) is 5.07. The number of hydrogen-bond donors (Lipinski definition) is 2. The highest BCUT2D eigenvalue weighted by Gasteiger charge is 2.24. The summed E-state index contributed by atoms with van der Waals surface area (Å²) in [5.74, 6) is 1.48. The van der Waals surface area contributed by atoms with Crippen LogP contribution in [0, 0.1) is 16.0 Å². The van der Waals surface area contributed by atoms with Crippen LogP contribution >= 0.6 is 0 Å². The zero-order valence-corrected chi connectivity index (χ0v) is 11.1. The summed E-state index contributed by atoms with van der Waals surface area (Å²) in [6.07, 6.45) is 2.29. The topological polar surface area (TPSA) is 85.7 Å². The van der Waals surface area contributed by atoms with Crippen LogP contribution in [0.4, 0.5) is 11.4 Å². The lowest BCUT2D eigenvalue weighted by Gasteiger charge is -2.23. The van der Waals surface area contributed by atoms with Gasteiger partial charge in [0.1, 0.15) is 5.69 Å². The van der Waals surface area contributed by atoms with Crippen molar-refractivity contribution in [1.29, 1.82) is 0 Å². The number of fused-ring (bicyclic) bond motifs is 1. The van der Waals surface area contributed by atoms with Crippen molar-refractivity contribution in [3.63, 3.8) is 0 Å². The summed E-state index contributed by atoms with van der Waals surface area (Å²) in [4.78, 5) is 10.7. The fourth-order valence-corrected chi connectivity index (χ4v) is 2.58. The minimum Gasteiger partial charge on any atom is -0.454 e. The SMILES string of the molecule is O=[N+]([O-])c1cc2c(cc1NCC1CCCNC1)OCO2. The van der Waals surface area contributed by atoms with Gasteiger partial charge in [-0.2, -0.15) is 0 Å². The number of benzene rings is 1. The Bertz CT molecular complexity index is 515. The van der Waals surface area contributed by atoms with E-state index in [9.17, 15) is 10.1 Å². The Balaban J connectivity index is 1.75. The van der Waals surface area contributed by atoms with E-state index >= 15 is 0 Å². The van der Waals surface area contributed by atoms with Crippen LogP contribution in [0.2, 0.25) is 0 Å². The number of nitrogens with one attached hydrogen (secondary N) is 2. The summed E-state index contributed by atoms with van der Waals surface area (Å²) in [5.41, 5.74) is 0.517. The van der Waals surface area contributed by atoms with Gasteiger partial charge in [0.25, 0.3) is 5.69 Å². The third kappa shape index (κ3) is 2.62. The molecular formula is C13H17N3O4. The number of anilines is 1. The van der Waals surface area contributed by atoms with E-state index < -0.39 is 4.92 Å². The average Bonchev–Trinajstić information content (AvgIpc) is 2.92. The minimum absolute atomic E-state index is 0.0259. The predicted molar refractivity (Wildman–Crippen MR) is 73.3 cm³/mol. The fraction of sp³-hybridized carbons (Fsp3) is 0.538. The second kappa shape index (κ2) is 5.54. The maximum Gasteiger partial charge on any atom is 0.296 e. The normalized spacial score (nSPS) is 20.7. The summed E-state index contributed by atoms with van der Waals surface area (Å²) in [5, 5.41) is 17.6. The van der Waals surface area contributed by atoms with E-state index in [1.165, 1.54) is 6.07 Å². The summed E-state index contributed by atoms with van der Waals surface area (Å²) in [6, 6.07) is 3.07.